The van der Waals surface area contributed by atoms with Crippen molar-refractivity contribution in [2.75, 3.05) is 13.1 Å². The largest absolute Gasteiger partial charge is 0.370 e. The highest BCUT2D eigenvalue weighted by Crippen LogP contribution is 2.23. The van der Waals surface area contributed by atoms with Crippen LogP contribution in [0.4, 0.5) is 0 Å². The van der Waals surface area contributed by atoms with Crippen LogP contribution >= 0.6 is 0 Å². The summed E-state index contributed by atoms with van der Waals surface area (Å²) in [6, 6.07) is 11.7. The van der Waals surface area contributed by atoms with Crippen LogP contribution in [0.5, 0.6) is 0 Å². The number of nitrogens with two attached hydrogens (primary N) is 1. The number of hydrogen-bond donors (Lipinski definition) is 1. The first-order valence-electron chi connectivity index (χ1n) is 9.58. The van der Waals surface area contributed by atoms with Crippen molar-refractivity contribution in [1.29, 1.82) is 0 Å². The summed E-state index contributed by atoms with van der Waals surface area (Å²) >= 11 is 0. The molecule has 1 aromatic carbocycles. The van der Waals surface area contributed by atoms with E-state index >= 15 is 0 Å². The molecule has 0 saturated carbocycles. The summed E-state index contributed by atoms with van der Waals surface area (Å²) in [6.45, 7) is 1.38. The second-order valence-electron chi connectivity index (χ2n) is 7.28. The Morgan fingerprint density at radius 2 is 2.00 bits per heavy atom. The van der Waals surface area contributed by atoms with Crippen LogP contribution in [0.25, 0.3) is 16.9 Å². The maximum absolute atomic E-state index is 13.0. The van der Waals surface area contributed by atoms with Gasteiger partial charge in [-0.15, -0.1) is 0 Å². The summed E-state index contributed by atoms with van der Waals surface area (Å²) < 4.78 is 1.91. The Hall–Kier alpha value is -3.22. The fourth-order valence-corrected chi connectivity index (χ4v) is 3.81. The smallest absolute Gasteiger partial charge is 0.255 e. The van der Waals surface area contributed by atoms with Crippen molar-refractivity contribution in [3.8, 4) is 5.69 Å². The molecule has 0 aliphatic carbocycles. The van der Waals surface area contributed by atoms with E-state index in [2.05, 4.69) is 9.97 Å². The molecule has 1 aliphatic heterocycles. The number of nitrogens with zero attached hydrogens (tertiary/aromatic N) is 4. The molecule has 0 spiro atoms. The van der Waals surface area contributed by atoms with Gasteiger partial charge in [0.2, 0.25) is 5.91 Å². The molecule has 7 nitrogen and oxygen atoms in total. The zero-order valence-corrected chi connectivity index (χ0v) is 15.6. The molecule has 2 aromatic heterocycles. The molecule has 3 heterocycles. The van der Waals surface area contributed by atoms with Crippen molar-refractivity contribution in [1.82, 2.24) is 19.4 Å². The molecule has 1 fully saturated rings. The molecule has 2 N–H and O–H groups in total. The highest BCUT2D eigenvalue weighted by molar-refractivity contribution is 5.96. The molecule has 28 heavy (non-hydrogen) atoms. The Labute approximate surface area is 163 Å². The van der Waals surface area contributed by atoms with Crippen LogP contribution in [-0.4, -0.2) is 44.3 Å². The molecule has 1 aliphatic rings. The van der Waals surface area contributed by atoms with Crippen LogP contribution in [0.1, 0.15) is 36.0 Å². The van der Waals surface area contributed by atoms with Gasteiger partial charge in [-0.05, 0) is 43.4 Å². The molecule has 1 saturated heterocycles. The number of fused-ring (bicyclic) bond motifs is 1. The maximum atomic E-state index is 13.0. The SMILES string of the molecule is NC(=O)CCC1CCCN(C(=O)c2cnc3c(c2)ncn3-c2ccccc2)C1. The molecule has 3 aromatic rings. The van der Waals surface area contributed by atoms with Crippen LogP contribution in [0.2, 0.25) is 0 Å². The summed E-state index contributed by atoms with van der Waals surface area (Å²) in [5.41, 5.74) is 8.19. The number of benzene rings is 1. The lowest BCUT2D eigenvalue weighted by atomic mass is 9.93. The van der Waals surface area contributed by atoms with Crippen LogP contribution < -0.4 is 5.73 Å². The second kappa shape index (κ2) is 7.80. The normalized spacial score (nSPS) is 17.0. The van der Waals surface area contributed by atoms with Crippen molar-refractivity contribution < 1.29 is 9.59 Å². The number of carbonyl (C=O) groups excluding carboxylic acids is 2. The third-order valence-corrected chi connectivity index (χ3v) is 5.27. The Morgan fingerprint density at radius 3 is 2.79 bits per heavy atom. The van der Waals surface area contributed by atoms with Gasteiger partial charge in [-0.25, -0.2) is 9.97 Å². The minimum atomic E-state index is -0.285. The molecular weight excluding hydrogens is 354 g/mol. The molecular formula is C21H23N5O2. The first kappa shape index (κ1) is 18.2. The molecule has 1 atom stereocenters. The number of likely N-dealkylation sites (tertiary alicyclic amines) is 1. The third kappa shape index (κ3) is 3.74. The van der Waals surface area contributed by atoms with Crippen molar-refractivity contribution in [3.05, 3.63) is 54.5 Å². The first-order chi connectivity index (χ1) is 13.6. The van der Waals surface area contributed by atoms with E-state index in [0.717, 1.165) is 37.1 Å². The van der Waals surface area contributed by atoms with Gasteiger partial charge in [0.1, 0.15) is 11.8 Å². The lowest BCUT2D eigenvalue weighted by Crippen LogP contribution is -2.40. The second-order valence-corrected chi connectivity index (χ2v) is 7.28. The predicted octanol–water partition coefficient (Wildman–Crippen LogP) is 2.54. The molecule has 0 radical (unpaired) electrons. The Balaban J connectivity index is 1.52. The number of pyridine rings is 1. The first-order valence-corrected chi connectivity index (χ1v) is 9.58. The molecule has 4 rings (SSSR count). The molecule has 2 amide bonds. The predicted molar refractivity (Wildman–Crippen MR) is 106 cm³/mol. The number of carbonyl (C=O) groups is 2. The molecule has 7 heteroatoms. The number of imidazole rings is 1. The van der Waals surface area contributed by atoms with Crippen molar-refractivity contribution >= 4 is 23.0 Å². The lowest BCUT2D eigenvalue weighted by molar-refractivity contribution is -0.118. The number of hydrogen-bond acceptors (Lipinski definition) is 4. The summed E-state index contributed by atoms with van der Waals surface area (Å²) in [5, 5.41) is 0. The highest BCUT2D eigenvalue weighted by atomic mass is 16.2. The standard InChI is InChI=1S/C21H23N5O2/c22-19(27)9-8-15-5-4-10-25(13-15)21(28)16-11-18-20(23-12-16)26(14-24-18)17-6-2-1-3-7-17/h1-3,6-7,11-12,14-15H,4-5,8-10,13H2,(H2,22,27). The molecule has 1 unspecified atom stereocenters. The maximum Gasteiger partial charge on any atom is 0.255 e. The van der Waals surface area contributed by atoms with Crippen LogP contribution in [-0.2, 0) is 4.79 Å². The average molecular weight is 377 g/mol. The average Bonchev–Trinajstić information content (AvgIpc) is 3.16. The number of aromatic nitrogens is 3. The number of amides is 2. The number of rotatable bonds is 5. The Morgan fingerprint density at radius 1 is 1.18 bits per heavy atom. The van der Waals surface area contributed by atoms with E-state index in [1.807, 2.05) is 39.8 Å². The van der Waals surface area contributed by atoms with Crippen molar-refractivity contribution in [2.24, 2.45) is 11.7 Å². The fourth-order valence-electron chi connectivity index (χ4n) is 3.81. The topological polar surface area (TPSA) is 94.1 Å². The Kier molecular flexibility index (Phi) is 5.06. The van der Waals surface area contributed by atoms with Gasteiger partial charge in [0.25, 0.3) is 5.91 Å². The van der Waals surface area contributed by atoms with Gasteiger partial charge >= 0.3 is 0 Å². The zero-order valence-electron chi connectivity index (χ0n) is 15.6. The van der Waals surface area contributed by atoms with Crippen LogP contribution in [0, 0.1) is 5.92 Å². The lowest BCUT2D eigenvalue weighted by Gasteiger charge is -2.32. The van der Waals surface area contributed by atoms with E-state index in [-0.39, 0.29) is 11.8 Å². The minimum absolute atomic E-state index is 0.0348. The van der Waals surface area contributed by atoms with E-state index in [0.29, 0.717) is 30.0 Å². The van der Waals surface area contributed by atoms with Gasteiger partial charge in [-0.1, -0.05) is 18.2 Å². The number of para-hydroxylation sites is 1. The van der Waals surface area contributed by atoms with Gasteiger partial charge in [0.15, 0.2) is 5.65 Å². The van der Waals surface area contributed by atoms with Gasteiger partial charge in [0, 0.05) is 31.4 Å². The molecule has 0 bridgehead atoms. The third-order valence-electron chi connectivity index (χ3n) is 5.27. The highest BCUT2D eigenvalue weighted by Gasteiger charge is 2.25. The van der Waals surface area contributed by atoms with Gasteiger partial charge in [-0.2, -0.15) is 0 Å². The quantitative estimate of drug-likeness (QED) is 0.739. The van der Waals surface area contributed by atoms with Crippen molar-refractivity contribution in [2.45, 2.75) is 25.7 Å². The van der Waals surface area contributed by atoms with Gasteiger partial charge < -0.3 is 10.6 Å². The molecule has 144 valence electrons. The Bertz CT molecular complexity index is 998. The summed E-state index contributed by atoms with van der Waals surface area (Å²) in [4.78, 5) is 34.8. The number of piperidine rings is 1. The minimum Gasteiger partial charge on any atom is -0.370 e. The van der Waals surface area contributed by atoms with E-state index in [1.165, 1.54) is 0 Å². The van der Waals surface area contributed by atoms with E-state index in [1.54, 1.807) is 18.6 Å². The summed E-state index contributed by atoms with van der Waals surface area (Å²) in [5.74, 6) is -0.00119. The van der Waals surface area contributed by atoms with E-state index in [9.17, 15) is 9.59 Å². The number of primary amides is 1. The summed E-state index contributed by atoms with van der Waals surface area (Å²) in [7, 11) is 0. The zero-order chi connectivity index (χ0) is 19.5. The van der Waals surface area contributed by atoms with E-state index < -0.39 is 0 Å². The monoisotopic (exact) mass is 377 g/mol. The van der Waals surface area contributed by atoms with Crippen LogP contribution in [0.3, 0.4) is 0 Å². The van der Waals surface area contributed by atoms with Gasteiger partial charge in [0.05, 0.1) is 5.56 Å². The van der Waals surface area contributed by atoms with E-state index in [4.69, 9.17) is 5.73 Å². The summed E-state index contributed by atoms with van der Waals surface area (Å²) in [6.07, 6.45) is 6.42. The van der Waals surface area contributed by atoms with Crippen LogP contribution in [0.15, 0.2) is 48.9 Å². The fraction of sp³-hybridized carbons (Fsp3) is 0.333. The van der Waals surface area contributed by atoms with Gasteiger partial charge in [-0.3, -0.25) is 14.2 Å². The van der Waals surface area contributed by atoms with Crippen molar-refractivity contribution in [3.63, 3.8) is 0 Å².